The van der Waals surface area contributed by atoms with Crippen LogP contribution in [-0.4, -0.2) is 0 Å². The number of allylic oxidation sites excluding steroid dienone is 2. The van der Waals surface area contributed by atoms with Gasteiger partial charge in [0.1, 0.15) is 0 Å². The summed E-state index contributed by atoms with van der Waals surface area (Å²) in [6.07, 6.45) is 25.1. The number of unbranched alkanes of at least 4 members (excludes halogenated alkanes) is 8. The quantitative estimate of drug-likeness (QED) is 0.260. The van der Waals surface area contributed by atoms with Crippen molar-refractivity contribution in [3.63, 3.8) is 0 Å². The minimum absolute atomic E-state index is 0.923. The topological polar surface area (TPSA) is 0 Å². The molecule has 1 fully saturated rings. The summed E-state index contributed by atoms with van der Waals surface area (Å²) in [5, 5.41) is 0. The Morgan fingerprint density at radius 1 is 0.800 bits per heavy atom. The van der Waals surface area contributed by atoms with E-state index in [1.54, 1.807) is 0 Å². The van der Waals surface area contributed by atoms with E-state index in [2.05, 4.69) is 26.0 Å². The summed E-state index contributed by atoms with van der Waals surface area (Å²) in [4.78, 5) is 0. The van der Waals surface area contributed by atoms with Crippen LogP contribution in [-0.2, 0) is 0 Å². The standard InChI is InChI=1S/C20H38/c1-3-5-7-9-10-11-13-16-20-18-14-17-19(20)15-12-8-6-4-2/h13,16,19-20H,3-12,14-15,17-18H2,1-2H3/t19-,20-/m0/s1. The van der Waals surface area contributed by atoms with Crippen molar-refractivity contribution in [3.05, 3.63) is 12.2 Å². The van der Waals surface area contributed by atoms with E-state index in [0.29, 0.717) is 0 Å². The lowest BCUT2D eigenvalue weighted by molar-refractivity contribution is 0.403. The molecule has 0 spiro atoms. The number of hydrogen-bond acceptors (Lipinski definition) is 0. The van der Waals surface area contributed by atoms with Crippen LogP contribution in [0.4, 0.5) is 0 Å². The van der Waals surface area contributed by atoms with Crippen molar-refractivity contribution in [2.45, 2.75) is 104 Å². The maximum Gasteiger partial charge on any atom is -0.0205 e. The van der Waals surface area contributed by atoms with Crippen LogP contribution in [0.15, 0.2) is 12.2 Å². The Balaban J connectivity index is 2.07. The van der Waals surface area contributed by atoms with Crippen LogP contribution >= 0.6 is 0 Å². The van der Waals surface area contributed by atoms with E-state index in [9.17, 15) is 0 Å². The molecule has 0 aromatic rings. The van der Waals surface area contributed by atoms with Gasteiger partial charge in [-0.25, -0.2) is 0 Å². The van der Waals surface area contributed by atoms with E-state index in [4.69, 9.17) is 0 Å². The second-order valence-electron chi connectivity index (χ2n) is 6.84. The highest BCUT2D eigenvalue weighted by Crippen LogP contribution is 2.36. The molecule has 0 saturated heterocycles. The van der Waals surface area contributed by atoms with Gasteiger partial charge < -0.3 is 0 Å². The summed E-state index contributed by atoms with van der Waals surface area (Å²) in [7, 11) is 0. The van der Waals surface area contributed by atoms with Crippen molar-refractivity contribution >= 4 is 0 Å². The molecule has 20 heavy (non-hydrogen) atoms. The lowest BCUT2D eigenvalue weighted by atomic mass is 9.90. The third-order valence-electron chi connectivity index (χ3n) is 5.00. The summed E-state index contributed by atoms with van der Waals surface area (Å²) in [6.45, 7) is 4.60. The molecule has 1 aliphatic rings. The molecule has 0 aromatic heterocycles. The van der Waals surface area contributed by atoms with Crippen molar-refractivity contribution in [3.8, 4) is 0 Å². The Labute approximate surface area is 128 Å². The Morgan fingerprint density at radius 3 is 2.25 bits per heavy atom. The SMILES string of the molecule is CCCCCCCC=C[C@H]1CCC[C@@H]1CCCCCC. The van der Waals surface area contributed by atoms with Gasteiger partial charge in [-0.15, -0.1) is 0 Å². The van der Waals surface area contributed by atoms with Gasteiger partial charge in [-0.05, 0) is 43.9 Å². The van der Waals surface area contributed by atoms with Crippen molar-refractivity contribution in [1.29, 1.82) is 0 Å². The summed E-state index contributed by atoms with van der Waals surface area (Å²) >= 11 is 0. The smallest absolute Gasteiger partial charge is 0.0205 e. The molecule has 1 saturated carbocycles. The van der Waals surface area contributed by atoms with E-state index >= 15 is 0 Å². The highest BCUT2D eigenvalue weighted by atomic mass is 14.3. The van der Waals surface area contributed by atoms with E-state index in [-0.39, 0.29) is 0 Å². The summed E-state index contributed by atoms with van der Waals surface area (Å²) in [6, 6.07) is 0. The Morgan fingerprint density at radius 2 is 1.50 bits per heavy atom. The van der Waals surface area contributed by atoms with Gasteiger partial charge >= 0.3 is 0 Å². The van der Waals surface area contributed by atoms with Gasteiger partial charge in [0, 0.05) is 0 Å². The summed E-state index contributed by atoms with van der Waals surface area (Å²) < 4.78 is 0. The molecule has 1 rings (SSSR count). The molecule has 0 nitrogen and oxygen atoms in total. The predicted molar refractivity (Wildman–Crippen MR) is 92.1 cm³/mol. The third-order valence-corrected chi connectivity index (χ3v) is 5.00. The zero-order chi connectivity index (χ0) is 14.5. The Kier molecular flexibility index (Phi) is 11.1. The average Bonchev–Trinajstić information content (AvgIpc) is 2.90. The second-order valence-corrected chi connectivity index (χ2v) is 6.84. The maximum absolute atomic E-state index is 2.58. The van der Waals surface area contributed by atoms with Crippen LogP contribution < -0.4 is 0 Å². The molecule has 0 aliphatic heterocycles. The fraction of sp³-hybridized carbons (Fsp3) is 0.900. The fourth-order valence-electron chi connectivity index (χ4n) is 3.65. The minimum Gasteiger partial charge on any atom is -0.0882 e. The molecular formula is C20H38. The van der Waals surface area contributed by atoms with Crippen LogP contribution in [0, 0.1) is 11.8 Å². The molecule has 0 unspecified atom stereocenters. The molecule has 0 bridgehead atoms. The summed E-state index contributed by atoms with van der Waals surface area (Å²) in [5.74, 6) is 1.94. The van der Waals surface area contributed by atoms with Crippen LogP contribution in [0.2, 0.25) is 0 Å². The van der Waals surface area contributed by atoms with Gasteiger partial charge in [0.15, 0.2) is 0 Å². The normalized spacial score (nSPS) is 22.9. The van der Waals surface area contributed by atoms with Gasteiger partial charge in [-0.1, -0.05) is 83.8 Å². The molecule has 1 aliphatic carbocycles. The minimum atomic E-state index is 0.923. The largest absolute Gasteiger partial charge is 0.0882 e. The Hall–Kier alpha value is -0.260. The third kappa shape index (κ3) is 8.12. The van der Waals surface area contributed by atoms with Gasteiger partial charge in [0.2, 0.25) is 0 Å². The van der Waals surface area contributed by atoms with Gasteiger partial charge in [0.25, 0.3) is 0 Å². The zero-order valence-corrected chi connectivity index (χ0v) is 14.2. The van der Waals surface area contributed by atoms with Gasteiger partial charge in [-0.2, -0.15) is 0 Å². The molecule has 118 valence electrons. The van der Waals surface area contributed by atoms with Gasteiger partial charge in [-0.3, -0.25) is 0 Å². The highest BCUT2D eigenvalue weighted by molar-refractivity contribution is 4.94. The first-order chi connectivity index (χ1) is 9.88. The van der Waals surface area contributed by atoms with Crippen LogP contribution in [0.3, 0.4) is 0 Å². The monoisotopic (exact) mass is 278 g/mol. The molecule has 0 amide bonds. The Bertz CT molecular complexity index is 228. The molecule has 0 heterocycles. The van der Waals surface area contributed by atoms with Crippen LogP contribution in [0.1, 0.15) is 104 Å². The predicted octanol–water partition coefficient (Wildman–Crippen LogP) is 7.29. The molecule has 0 heteroatoms. The average molecular weight is 279 g/mol. The second kappa shape index (κ2) is 12.5. The van der Waals surface area contributed by atoms with E-state index in [1.807, 2.05) is 0 Å². The van der Waals surface area contributed by atoms with Crippen LogP contribution in [0.5, 0.6) is 0 Å². The fourth-order valence-corrected chi connectivity index (χ4v) is 3.65. The first kappa shape index (κ1) is 17.8. The molecular weight excluding hydrogens is 240 g/mol. The van der Waals surface area contributed by atoms with Crippen molar-refractivity contribution in [2.75, 3.05) is 0 Å². The van der Waals surface area contributed by atoms with Crippen molar-refractivity contribution in [2.24, 2.45) is 11.8 Å². The van der Waals surface area contributed by atoms with E-state index < -0.39 is 0 Å². The molecule has 0 N–H and O–H groups in total. The number of rotatable bonds is 12. The lowest BCUT2D eigenvalue weighted by Crippen LogP contribution is -2.05. The van der Waals surface area contributed by atoms with Crippen molar-refractivity contribution < 1.29 is 0 Å². The maximum atomic E-state index is 2.58. The lowest BCUT2D eigenvalue weighted by Gasteiger charge is -2.16. The molecule has 2 atom stereocenters. The van der Waals surface area contributed by atoms with Crippen LogP contribution in [0.25, 0.3) is 0 Å². The first-order valence-corrected chi connectivity index (χ1v) is 9.55. The van der Waals surface area contributed by atoms with E-state index in [0.717, 1.165) is 11.8 Å². The number of hydrogen-bond donors (Lipinski definition) is 0. The van der Waals surface area contributed by atoms with Crippen molar-refractivity contribution in [1.82, 2.24) is 0 Å². The molecule has 0 aromatic carbocycles. The summed E-state index contributed by atoms with van der Waals surface area (Å²) in [5.41, 5.74) is 0. The first-order valence-electron chi connectivity index (χ1n) is 9.55. The zero-order valence-electron chi connectivity index (χ0n) is 14.2. The van der Waals surface area contributed by atoms with Gasteiger partial charge in [0.05, 0.1) is 0 Å². The molecule has 0 radical (unpaired) electrons. The highest BCUT2D eigenvalue weighted by Gasteiger charge is 2.24. The van der Waals surface area contributed by atoms with E-state index in [1.165, 1.54) is 89.9 Å².